The Labute approximate surface area is 124 Å². The van der Waals surface area contributed by atoms with Crippen LogP contribution in [0, 0.1) is 5.92 Å². The van der Waals surface area contributed by atoms with Gasteiger partial charge in [-0.2, -0.15) is 0 Å². The maximum atomic E-state index is 12.2. The number of carbonyl (C=O) groups is 2. The fourth-order valence-electron chi connectivity index (χ4n) is 2.90. The first kappa shape index (κ1) is 15.5. The van der Waals surface area contributed by atoms with Gasteiger partial charge >= 0.3 is 0 Å². The third kappa shape index (κ3) is 3.59. The largest absolute Gasteiger partial charge is 0.359 e. The second-order valence-electron chi connectivity index (χ2n) is 5.27. The monoisotopic (exact) mass is 290 g/mol. The minimum atomic E-state index is -0.455. The molecule has 1 aromatic carbocycles. The van der Waals surface area contributed by atoms with Crippen molar-refractivity contribution in [1.82, 2.24) is 15.6 Å². The number of likely N-dealkylation sites (tertiary alicyclic amines) is 1. The first-order valence-corrected chi connectivity index (χ1v) is 7.18. The summed E-state index contributed by atoms with van der Waals surface area (Å²) >= 11 is 0. The molecule has 6 heteroatoms. The zero-order valence-electron chi connectivity index (χ0n) is 12.2. The van der Waals surface area contributed by atoms with E-state index in [1.165, 1.54) is 0 Å². The van der Waals surface area contributed by atoms with Crippen LogP contribution in [0.4, 0.5) is 0 Å². The summed E-state index contributed by atoms with van der Waals surface area (Å²) < 4.78 is 0. The Kier molecular flexibility index (Phi) is 5.30. The Hall–Kier alpha value is -1.92. The molecule has 2 amide bonds. The molecule has 0 saturated carbocycles. The van der Waals surface area contributed by atoms with Gasteiger partial charge in [-0.1, -0.05) is 30.3 Å². The third-order valence-corrected chi connectivity index (χ3v) is 3.94. The summed E-state index contributed by atoms with van der Waals surface area (Å²) in [5.74, 6) is 5.03. The maximum Gasteiger partial charge on any atom is 0.255 e. The van der Waals surface area contributed by atoms with Crippen molar-refractivity contribution in [3.05, 3.63) is 35.9 Å². The molecule has 1 heterocycles. The van der Waals surface area contributed by atoms with E-state index in [0.29, 0.717) is 6.54 Å². The molecular weight excluding hydrogens is 268 g/mol. The number of amides is 2. The minimum Gasteiger partial charge on any atom is -0.359 e. The van der Waals surface area contributed by atoms with Crippen LogP contribution in [-0.4, -0.2) is 36.9 Å². The quantitative estimate of drug-likeness (QED) is 0.419. The van der Waals surface area contributed by atoms with Crippen LogP contribution in [0.25, 0.3) is 0 Å². The smallest absolute Gasteiger partial charge is 0.255 e. The molecule has 1 aliphatic rings. The zero-order valence-corrected chi connectivity index (χ0v) is 12.2. The molecule has 1 saturated heterocycles. The van der Waals surface area contributed by atoms with Crippen molar-refractivity contribution >= 4 is 11.8 Å². The molecule has 0 aromatic heterocycles. The lowest BCUT2D eigenvalue weighted by molar-refractivity contribution is -0.131. The molecule has 6 nitrogen and oxygen atoms in total. The van der Waals surface area contributed by atoms with E-state index in [0.717, 1.165) is 24.9 Å². The van der Waals surface area contributed by atoms with Gasteiger partial charge in [0.15, 0.2) is 0 Å². The first-order chi connectivity index (χ1) is 10.2. The number of hydrazine groups is 1. The normalized spacial score (nSPS) is 20.6. The predicted molar refractivity (Wildman–Crippen MR) is 79.9 cm³/mol. The SMILES string of the molecule is CNC(=O)C1CCCN(C(C(=O)NN)c2ccccc2)C1. The lowest BCUT2D eigenvalue weighted by atomic mass is 9.94. The highest BCUT2D eigenvalue weighted by Crippen LogP contribution is 2.27. The Morgan fingerprint density at radius 1 is 1.33 bits per heavy atom. The fraction of sp³-hybridized carbons (Fsp3) is 0.467. The van der Waals surface area contributed by atoms with Gasteiger partial charge in [-0.05, 0) is 24.9 Å². The highest BCUT2D eigenvalue weighted by Gasteiger charge is 2.33. The molecule has 2 atom stereocenters. The number of rotatable bonds is 4. The molecule has 21 heavy (non-hydrogen) atoms. The van der Waals surface area contributed by atoms with Gasteiger partial charge in [0.05, 0.1) is 5.92 Å². The van der Waals surface area contributed by atoms with Crippen molar-refractivity contribution in [2.45, 2.75) is 18.9 Å². The van der Waals surface area contributed by atoms with Crippen LogP contribution in [0.2, 0.25) is 0 Å². The molecule has 1 aliphatic heterocycles. The minimum absolute atomic E-state index is 0.0275. The molecule has 0 aliphatic carbocycles. The molecule has 1 aromatic rings. The molecule has 0 radical (unpaired) electrons. The van der Waals surface area contributed by atoms with E-state index >= 15 is 0 Å². The van der Waals surface area contributed by atoms with E-state index in [1.807, 2.05) is 35.2 Å². The van der Waals surface area contributed by atoms with Crippen LogP contribution in [0.15, 0.2) is 30.3 Å². The van der Waals surface area contributed by atoms with Crippen LogP contribution in [-0.2, 0) is 9.59 Å². The molecule has 2 unspecified atom stereocenters. The van der Waals surface area contributed by atoms with E-state index < -0.39 is 6.04 Å². The third-order valence-electron chi connectivity index (χ3n) is 3.94. The Morgan fingerprint density at radius 3 is 2.67 bits per heavy atom. The number of hydrogen-bond donors (Lipinski definition) is 3. The number of hydrogen-bond acceptors (Lipinski definition) is 4. The van der Waals surface area contributed by atoms with Crippen molar-refractivity contribution in [2.75, 3.05) is 20.1 Å². The van der Waals surface area contributed by atoms with Crippen molar-refractivity contribution < 1.29 is 9.59 Å². The van der Waals surface area contributed by atoms with E-state index in [-0.39, 0.29) is 17.7 Å². The van der Waals surface area contributed by atoms with Gasteiger partial charge in [0.25, 0.3) is 5.91 Å². The molecule has 0 bridgehead atoms. The zero-order chi connectivity index (χ0) is 15.2. The molecule has 0 spiro atoms. The lowest BCUT2D eigenvalue weighted by Gasteiger charge is -2.36. The first-order valence-electron chi connectivity index (χ1n) is 7.18. The van der Waals surface area contributed by atoms with E-state index in [9.17, 15) is 9.59 Å². The number of nitrogens with zero attached hydrogens (tertiary/aromatic N) is 1. The van der Waals surface area contributed by atoms with Crippen LogP contribution in [0.3, 0.4) is 0 Å². The highest BCUT2D eigenvalue weighted by atomic mass is 16.2. The van der Waals surface area contributed by atoms with Gasteiger partial charge in [0, 0.05) is 13.6 Å². The van der Waals surface area contributed by atoms with Crippen molar-refractivity contribution in [2.24, 2.45) is 11.8 Å². The summed E-state index contributed by atoms with van der Waals surface area (Å²) in [5, 5.41) is 2.69. The summed E-state index contributed by atoms with van der Waals surface area (Å²) in [5.41, 5.74) is 3.12. The molecular formula is C15H22N4O2. The molecule has 1 fully saturated rings. The Balaban J connectivity index is 2.21. The molecule has 2 rings (SSSR count). The summed E-state index contributed by atoms with van der Waals surface area (Å²) in [6.07, 6.45) is 1.74. The summed E-state index contributed by atoms with van der Waals surface area (Å²) in [6, 6.07) is 9.05. The Bertz CT molecular complexity index is 492. The Morgan fingerprint density at radius 2 is 2.05 bits per heavy atom. The maximum absolute atomic E-state index is 12.2. The summed E-state index contributed by atoms with van der Waals surface area (Å²) in [6.45, 7) is 1.34. The standard InChI is InChI=1S/C15H22N4O2/c1-17-14(20)12-8-5-9-19(10-12)13(15(21)18-16)11-6-3-2-4-7-11/h2-4,6-7,12-13H,5,8-10,16H2,1H3,(H,17,20)(H,18,21). The van der Waals surface area contributed by atoms with E-state index in [2.05, 4.69) is 10.7 Å². The van der Waals surface area contributed by atoms with Gasteiger partial charge in [0.2, 0.25) is 5.91 Å². The summed E-state index contributed by atoms with van der Waals surface area (Å²) in [7, 11) is 1.64. The number of carbonyl (C=O) groups excluding carboxylic acids is 2. The van der Waals surface area contributed by atoms with Crippen molar-refractivity contribution in [3.63, 3.8) is 0 Å². The average molecular weight is 290 g/mol. The number of nitrogens with one attached hydrogen (secondary N) is 2. The van der Waals surface area contributed by atoms with Gasteiger partial charge in [-0.3, -0.25) is 19.9 Å². The second-order valence-corrected chi connectivity index (χ2v) is 5.27. The van der Waals surface area contributed by atoms with Crippen LogP contribution in [0.1, 0.15) is 24.4 Å². The van der Waals surface area contributed by atoms with Crippen molar-refractivity contribution in [3.8, 4) is 0 Å². The van der Waals surface area contributed by atoms with Crippen molar-refractivity contribution in [1.29, 1.82) is 0 Å². The lowest BCUT2D eigenvalue weighted by Crippen LogP contribution is -2.49. The van der Waals surface area contributed by atoms with Crippen LogP contribution < -0.4 is 16.6 Å². The highest BCUT2D eigenvalue weighted by molar-refractivity contribution is 5.83. The predicted octanol–water partition coefficient (Wildman–Crippen LogP) is 0.176. The van der Waals surface area contributed by atoms with Gasteiger partial charge < -0.3 is 5.32 Å². The molecule has 114 valence electrons. The molecule has 4 N–H and O–H groups in total. The summed E-state index contributed by atoms with van der Waals surface area (Å²) in [4.78, 5) is 26.1. The van der Waals surface area contributed by atoms with Crippen LogP contribution in [0.5, 0.6) is 0 Å². The van der Waals surface area contributed by atoms with E-state index in [4.69, 9.17) is 5.84 Å². The fourth-order valence-corrected chi connectivity index (χ4v) is 2.90. The topological polar surface area (TPSA) is 87.5 Å². The van der Waals surface area contributed by atoms with Gasteiger partial charge in [-0.25, -0.2) is 5.84 Å². The van der Waals surface area contributed by atoms with Gasteiger partial charge in [-0.15, -0.1) is 0 Å². The number of piperidine rings is 1. The van der Waals surface area contributed by atoms with E-state index in [1.54, 1.807) is 7.05 Å². The van der Waals surface area contributed by atoms with Gasteiger partial charge in [0.1, 0.15) is 6.04 Å². The van der Waals surface area contributed by atoms with Crippen LogP contribution >= 0.6 is 0 Å². The second kappa shape index (κ2) is 7.19. The number of benzene rings is 1. The average Bonchev–Trinajstić information content (AvgIpc) is 2.55. The number of nitrogens with two attached hydrogens (primary N) is 1.